The molecule has 1 aromatic heterocycles. The minimum Gasteiger partial charge on any atom is -0.423 e. The van der Waals surface area contributed by atoms with Crippen LogP contribution in [0.5, 0.6) is 0 Å². The average molecular weight is 243 g/mol. The van der Waals surface area contributed by atoms with Crippen LogP contribution in [0, 0.1) is 6.92 Å². The molecule has 2 aromatic rings. The van der Waals surface area contributed by atoms with Crippen LogP contribution in [0.1, 0.15) is 11.3 Å². The third-order valence-electron chi connectivity index (χ3n) is 3.23. The summed E-state index contributed by atoms with van der Waals surface area (Å²) in [4.78, 5) is 17.3. The van der Waals surface area contributed by atoms with Crippen molar-refractivity contribution in [2.45, 2.75) is 13.3 Å². The number of nitrogens with two attached hydrogens (primary N) is 1. The second-order valence-corrected chi connectivity index (χ2v) is 4.44. The third kappa shape index (κ3) is 1.48. The first-order chi connectivity index (χ1) is 8.56. The molecule has 0 saturated heterocycles. The van der Waals surface area contributed by atoms with Crippen molar-refractivity contribution in [3.63, 3.8) is 0 Å². The summed E-state index contributed by atoms with van der Waals surface area (Å²) in [5.41, 5.74) is 9.15. The Hall–Kier alpha value is -2.30. The second-order valence-electron chi connectivity index (χ2n) is 4.44. The highest BCUT2D eigenvalue weighted by Gasteiger charge is 2.24. The summed E-state index contributed by atoms with van der Waals surface area (Å²) in [6, 6.07) is 5.97. The molecule has 0 fully saturated rings. The summed E-state index contributed by atoms with van der Waals surface area (Å²) >= 11 is 0. The number of amides is 1. The molecular formula is C13H13N3O2. The topological polar surface area (TPSA) is 72.4 Å². The lowest BCUT2D eigenvalue weighted by molar-refractivity contribution is -0.117. The Labute approximate surface area is 104 Å². The Bertz CT molecular complexity index is 646. The predicted molar refractivity (Wildman–Crippen MR) is 68.2 cm³/mol. The molecule has 1 aromatic carbocycles. The number of likely N-dealkylation sites (N-methyl/N-ethyl adjacent to an activating group) is 1. The minimum absolute atomic E-state index is 0.107. The number of aromatic nitrogens is 1. The number of benzene rings is 1. The quantitative estimate of drug-likeness (QED) is 0.828. The zero-order valence-electron chi connectivity index (χ0n) is 10.2. The molecule has 1 aliphatic rings. The van der Waals surface area contributed by atoms with E-state index in [0.717, 1.165) is 22.5 Å². The number of anilines is 2. The largest absolute Gasteiger partial charge is 0.423 e. The average Bonchev–Trinajstić information content (AvgIpc) is 2.80. The smallest absolute Gasteiger partial charge is 0.292 e. The van der Waals surface area contributed by atoms with Gasteiger partial charge in [-0.3, -0.25) is 4.79 Å². The Kier molecular flexibility index (Phi) is 2.16. The van der Waals surface area contributed by atoms with Crippen LogP contribution >= 0.6 is 0 Å². The van der Waals surface area contributed by atoms with Gasteiger partial charge in [-0.2, -0.15) is 4.98 Å². The van der Waals surface area contributed by atoms with E-state index in [9.17, 15) is 4.79 Å². The summed E-state index contributed by atoms with van der Waals surface area (Å²) in [5, 5.41) is 0. The number of rotatable bonds is 1. The molecule has 18 heavy (non-hydrogen) atoms. The number of carbonyl (C=O) groups is 1. The summed E-state index contributed by atoms with van der Waals surface area (Å²) < 4.78 is 5.38. The molecule has 0 unspecified atom stereocenters. The third-order valence-corrected chi connectivity index (χ3v) is 3.23. The minimum atomic E-state index is 0.107. The highest BCUT2D eigenvalue weighted by atomic mass is 16.4. The Balaban J connectivity index is 2.09. The van der Waals surface area contributed by atoms with Crippen LogP contribution in [0.2, 0.25) is 0 Å². The van der Waals surface area contributed by atoms with Gasteiger partial charge in [-0.15, -0.1) is 0 Å². The maximum Gasteiger partial charge on any atom is 0.292 e. The van der Waals surface area contributed by atoms with Crippen molar-refractivity contribution in [1.82, 2.24) is 4.98 Å². The molecule has 1 aliphatic heterocycles. The summed E-state index contributed by atoms with van der Waals surface area (Å²) in [5.74, 6) is 0.772. The number of hydrogen-bond donors (Lipinski definition) is 1. The van der Waals surface area contributed by atoms with Crippen molar-refractivity contribution in [3.05, 3.63) is 29.5 Å². The lowest BCUT2D eigenvalue weighted by atomic mass is 10.1. The number of aryl methyl sites for hydroxylation is 1. The Morgan fingerprint density at radius 2 is 2.22 bits per heavy atom. The molecule has 2 heterocycles. The molecule has 3 rings (SSSR count). The van der Waals surface area contributed by atoms with Gasteiger partial charge in [-0.1, -0.05) is 0 Å². The van der Waals surface area contributed by atoms with Gasteiger partial charge in [0.2, 0.25) is 5.91 Å². The van der Waals surface area contributed by atoms with Gasteiger partial charge < -0.3 is 15.1 Å². The van der Waals surface area contributed by atoms with Crippen molar-refractivity contribution < 1.29 is 9.21 Å². The van der Waals surface area contributed by atoms with Crippen molar-refractivity contribution in [3.8, 4) is 11.3 Å². The summed E-state index contributed by atoms with van der Waals surface area (Å²) in [7, 11) is 1.78. The van der Waals surface area contributed by atoms with Gasteiger partial charge in [0.1, 0.15) is 0 Å². The van der Waals surface area contributed by atoms with Gasteiger partial charge in [0.05, 0.1) is 12.1 Å². The fourth-order valence-electron chi connectivity index (χ4n) is 2.30. The molecule has 0 atom stereocenters. The number of hydrogen-bond acceptors (Lipinski definition) is 4. The van der Waals surface area contributed by atoms with Gasteiger partial charge >= 0.3 is 0 Å². The highest BCUT2D eigenvalue weighted by Crippen LogP contribution is 2.33. The number of oxazole rings is 1. The van der Waals surface area contributed by atoms with Crippen molar-refractivity contribution in [1.29, 1.82) is 0 Å². The number of nitrogen functional groups attached to an aromatic ring is 1. The molecule has 0 spiro atoms. The van der Waals surface area contributed by atoms with Crippen molar-refractivity contribution in [2.24, 2.45) is 0 Å². The van der Waals surface area contributed by atoms with Crippen LogP contribution in [0.25, 0.3) is 11.3 Å². The normalized spacial score (nSPS) is 14.1. The molecule has 1 amide bonds. The molecule has 5 heteroatoms. The van der Waals surface area contributed by atoms with E-state index in [0.29, 0.717) is 12.2 Å². The van der Waals surface area contributed by atoms with Crippen LogP contribution in [-0.4, -0.2) is 17.9 Å². The van der Waals surface area contributed by atoms with E-state index < -0.39 is 0 Å². The molecule has 0 bridgehead atoms. The van der Waals surface area contributed by atoms with E-state index in [4.69, 9.17) is 10.2 Å². The van der Waals surface area contributed by atoms with E-state index in [1.54, 1.807) is 11.9 Å². The van der Waals surface area contributed by atoms with E-state index in [2.05, 4.69) is 4.98 Å². The van der Waals surface area contributed by atoms with E-state index >= 15 is 0 Å². The van der Waals surface area contributed by atoms with E-state index in [1.807, 2.05) is 25.1 Å². The predicted octanol–water partition coefficient (Wildman–Crippen LogP) is 1.75. The number of nitrogens with zero attached hydrogens (tertiary/aromatic N) is 2. The van der Waals surface area contributed by atoms with Crippen molar-refractivity contribution in [2.75, 3.05) is 17.7 Å². The fraction of sp³-hybridized carbons (Fsp3) is 0.231. The van der Waals surface area contributed by atoms with Gasteiger partial charge in [0.15, 0.2) is 5.76 Å². The van der Waals surface area contributed by atoms with Crippen LogP contribution in [0.3, 0.4) is 0 Å². The zero-order valence-corrected chi connectivity index (χ0v) is 10.2. The van der Waals surface area contributed by atoms with E-state index in [1.165, 1.54) is 0 Å². The van der Waals surface area contributed by atoms with Gasteiger partial charge in [-0.25, -0.2) is 0 Å². The van der Waals surface area contributed by atoms with Gasteiger partial charge in [-0.05, 0) is 30.7 Å². The molecule has 92 valence electrons. The lowest BCUT2D eigenvalue weighted by Crippen LogP contribution is -2.20. The van der Waals surface area contributed by atoms with Gasteiger partial charge in [0.25, 0.3) is 6.01 Å². The summed E-state index contributed by atoms with van der Waals surface area (Å²) in [6.07, 6.45) is 0.433. The van der Waals surface area contributed by atoms with Crippen LogP contribution in [0.15, 0.2) is 22.6 Å². The van der Waals surface area contributed by atoms with Gasteiger partial charge in [0, 0.05) is 18.3 Å². The number of carbonyl (C=O) groups excluding carboxylic acids is 1. The van der Waals surface area contributed by atoms with Crippen molar-refractivity contribution >= 4 is 17.6 Å². The standard InChI is InChI=1S/C13H13N3O2/c1-7-12(18-13(14)15-7)8-3-4-10-9(5-8)6-11(17)16(10)2/h3-5H,6H2,1-2H3,(H2,14,15). The molecule has 5 nitrogen and oxygen atoms in total. The maximum absolute atomic E-state index is 11.6. The highest BCUT2D eigenvalue weighted by molar-refractivity contribution is 6.01. The van der Waals surface area contributed by atoms with E-state index in [-0.39, 0.29) is 11.9 Å². The zero-order chi connectivity index (χ0) is 12.9. The van der Waals surface area contributed by atoms with Crippen LogP contribution < -0.4 is 10.6 Å². The molecule has 0 saturated carbocycles. The fourth-order valence-corrected chi connectivity index (χ4v) is 2.30. The van der Waals surface area contributed by atoms with Crippen LogP contribution in [-0.2, 0) is 11.2 Å². The maximum atomic E-state index is 11.6. The first-order valence-corrected chi connectivity index (χ1v) is 5.69. The second kappa shape index (κ2) is 3.60. The number of fused-ring (bicyclic) bond motifs is 1. The molecule has 0 radical (unpaired) electrons. The molecule has 0 aliphatic carbocycles. The SMILES string of the molecule is Cc1nc(N)oc1-c1ccc2c(c1)CC(=O)N2C. The van der Waals surface area contributed by atoms with Crippen LogP contribution in [0.4, 0.5) is 11.7 Å². The Morgan fingerprint density at radius 1 is 1.44 bits per heavy atom. The molecular weight excluding hydrogens is 230 g/mol. The lowest BCUT2D eigenvalue weighted by Gasteiger charge is -2.09. The monoisotopic (exact) mass is 243 g/mol. The first kappa shape index (κ1) is 10.8. The molecule has 2 N–H and O–H groups in total. The first-order valence-electron chi connectivity index (χ1n) is 5.69. The summed E-state index contributed by atoms with van der Waals surface area (Å²) in [6.45, 7) is 1.85. The Morgan fingerprint density at radius 3 is 2.89 bits per heavy atom.